The summed E-state index contributed by atoms with van der Waals surface area (Å²) in [6, 6.07) is 18.8. The second-order valence-corrected chi connectivity index (χ2v) is 3.86. The van der Waals surface area contributed by atoms with Crippen molar-refractivity contribution < 1.29 is 4.74 Å². The molecule has 2 nitrogen and oxygen atoms in total. The van der Waals surface area contributed by atoms with E-state index in [9.17, 15) is 0 Å². The lowest BCUT2D eigenvalue weighted by Crippen LogP contribution is -2.07. The Morgan fingerprint density at radius 2 is 1.53 bits per heavy atom. The van der Waals surface area contributed by atoms with E-state index in [0.29, 0.717) is 0 Å². The minimum Gasteiger partial charge on any atom is -0.383 e. The van der Waals surface area contributed by atoms with Crippen LogP contribution in [0.3, 0.4) is 0 Å². The van der Waals surface area contributed by atoms with Crippen LogP contribution in [0.15, 0.2) is 54.6 Å². The van der Waals surface area contributed by atoms with E-state index in [1.54, 1.807) is 7.11 Å². The van der Waals surface area contributed by atoms with Gasteiger partial charge in [-0.05, 0) is 23.3 Å². The molecule has 0 heterocycles. The van der Waals surface area contributed by atoms with E-state index in [-0.39, 0.29) is 0 Å². The Bertz CT molecular complexity index is 436. The first-order valence-electron chi connectivity index (χ1n) is 5.78. The predicted molar refractivity (Wildman–Crippen MR) is 72.2 cm³/mol. The Labute approximate surface area is 102 Å². The number of benzene rings is 2. The van der Waals surface area contributed by atoms with Crippen LogP contribution >= 0.6 is 0 Å². The fourth-order valence-electron chi connectivity index (χ4n) is 1.71. The number of hydrogen-bond donors (Lipinski definition) is 1. The van der Waals surface area contributed by atoms with Crippen molar-refractivity contribution in [3.05, 3.63) is 54.6 Å². The van der Waals surface area contributed by atoms with Crippen molar-refractivity contribution in [3.8, 4) is 11.1 Å². The maximum absolute atomic E-state index is 4.99. The van der Waals surface area contributed by atoms with Gasteiger partial charge >= 0.3 is 0 Å². The van der Waals surface area contributed by atoms with Crippen LogP contribution in [-0.2, 0) is 4.74 Å². The van der Waals surface area contributed by atoms with Crippen LogP contribution in [0, 0.1) is 0 Å². The van der Waals surface area contributed by atoms with E-state index in [0.717, 1.165) is 18.8 Å². The number of hydrogen-bond acceptors (Lipinski definition) is 2. The largest absolute Gasteiger partial charge is 0.383 e. The Balaban J connectivity index is 2.03. The molecule has 0 bridgehead atoms. The zero-order valence-electron chi connectivity index (χ0n) is 10.0. The molecule has 0 aliphatic heterocycles. The summed E-state index contributed by atoms with van der Waals surface area (Å²) >= 11 is 0. The van der Waals surface area contributed by atoms with Gasteiger partial charge < -0.3 is 10.1 Å². The number of anilines is 1. The average molecular weight is 227 g/mol. The van der Waals surface area contributed by atoms with Crippen LogP contribution < -0.4 is 5.32 Å². The standard InChI is InChI=1S/C15H17NO/c1-17-12-11-16-15-9-7-14(8-10-15)13-5-3-2-4-6-13/h2-10,16H,11-12H2,1H3. The van der Waals surface area contributed by atoms with Crippen molar-refractivity contribution in [1.82, 2.24) is 0 Å². The summed E-state index contributed by atoms with van der Waals surface area (Å²) in [5.74, 6) is 0. The molecule has 0 unspecified atom stereocenters. The molecule has 17 heavy (non-hydrogen) atoms. The van der Waals surface area contributed by atoms with Gasteiger partial charge in [0.15, 0.2) is 0 Å². The van der Waals surface area contributed by atoms with Gasteiger partial charge in [-0.25, -0.2) is 0 Å². The van der Waals surface area contributed by atoms with E-state index in [1.807, 2.05) is 6.07 Å². The second kappa shape index (κ2) is 6.06. The quantitative estimate of drug-likeness (QED) is 0.790. The molecule has 0 spiro atoms. The van der Waals surface area contributed by atoms with E-state index in [1.165, 1.54) is 11.1 Å². The van der Waals surface area contributed by atoms with Gasteiger partial charge in [0, 0.05) is 19.3 Å². The Kier molecular flexibility index (Phi) is 4.17. The highest BCUT2D eigenvalue weighted by molar-refractivity contribution is 5.65. The fourth-order valence-corrected chi connectivity index (χ4v) is 1.71. The summed E-state index contributed by atoms with van der Waals surface area (Å²) in [6.07, 6.45) is 0. The second-order valence-electron chi connectivity index (χ2n) is 3.86. The van der Waals surface area contributed by atoms with Gasteiger partial charge in [-0.15, -0.1) is 0 Å². The minimum atomic E-state index is 0.723. The molecule has 0 radical (unpaired) electrons. The maximum Gasteiger partial charge on any atom is 0.0635 e. The van der Waals surface area contributed by atoms with Crippen LogP contribution in [0.25, 0.3) is 11.1 Å². The summed E-state index contributed by atoms with van der Waals surface area (Å²) in [5.41, 5.74) is 3.61. The lowest BCUT2D eigenvalue weighted by molar-refractivity contribution is 0.211. The van der Waals surface area contributed by atoms with Gasteiger partial charge in [0.25, 0.3) is 0 Å². The number of ether oxygens (including phenoxy) is 1. The monoisotopic (exact) mass is 227 g/mol. The maximum atomic E-state index is 4.99. The van der Waals surface area contributed by atoms with Crippen LogP contribution in [0.5, 0.6) is 0 Å². The molecule has 2 aromatic rings. The van der Waals surface area contributed by atoms with Gasteiger partial charge in [-0.2, -0.15) is 0 Å². The van der Waals surface area contributed by atoms with E-state index in [2.05, 4.69) is 53.8 Å². The van der Waals surface area contributed by atoms with Crippen LogP contribution in [0.4, 0.5) is 5.69 Å². The summed E-state index contributed by atoms with van der Waals surface area (Å²) in [5, 5.41) is 3.30. The highest BCUT2D eigenvalue weighted by Crippen LogP contribution is 2.20. The third-order valence-corrected chi connectivity index (χ3v) is 2.63. The molecule has 1 N–H and O–H groups in total. The van der Waals surface area contributed by atoms with Gasteiger partial charge in [0.05, 0.1) is 6.61 Å². The Morgan fingerprint density at radius 3 is 2.18 bits per heavy atom. The van der Waals surface area contributed by atoms with Crippen molar-refractivity contribution in [1.29, 1.82) is 0 Å². The molecular weight excluding hydrogens is 210 g/mol. The fraction of sp³-hybridized carbons (Fsp3) is 0.200. The topological polar surface area (TPSA) is 21.3 Å². The summed E-state index contributed by atoms with van der Waals surface area (Å²) in [7, 11) is 1.71. The smallest absolute Gasteiger partial charge is 0.0635 e. The molecule has 0 aliphatic carbocycles. The van der Waals surface area contributed by atoms with Crippen molar-refractivity contribution >= 4 is 5.69 Å². The average Bonchev–Trinajstić information content (AvgIpc) is 2.41. The van der Waals surface area contributed by atoms with Crippen molar-refractivity contribution in [2.75, 3.05) is 25.6 Å². The SMILES string of the molecule is COCCNc1ccc(-c2ccccc2)cc1. The van der Waals surface area contributed by atoms with Gasteiger partial charge in [-0.1, -0.05) is 42.5 Å². The van der Waals surface area contributed by atoms with Gasteiger partial charge in [0.1, 0.15) is 0 Å². The van der Waals surface area contributed by atoms with Crippen molar-refractivity contribution in [2.45, 2.75) is 0 Å². The zero-order chi connectivity index (χ0) is 11.9. The van der Waals surface area contributed by atoms with Crippen molar-refractivity contribution in [3.63, 3.8) is 0 Å². The number of nitrogens with one attached hydrogen (secondary N) is 1. The third-order valence-electron chi connectivity index (χ3n) is 2.63. The molecule has 88 valence electrons. The third kappa shape index (κ3) is 3.33. The van der Waals surface area contributed by atoms with E-state index < -0.39 is 0 Å². The molecule has 0 fully saturated rings. The summed E-state index contributed by atoms with van der Waals surface area (Å²) < 4.78 is 4.99. The molecule has 2 aromatic carbocycles. The first kappa shape index (κ1) is 11.7. The van der Waals surface area contributed by atoms with E-state index >= 15 is 0 Å². The lowest BCUT2D eigenvalue weighted by Gasteiger charge is -2.07. The molecule has 0 saturated carbocycles. The lowest BCUT2D eigenvalue weighted by atomic mass is 10.1. The molecule has 2 heteroatoms. The molecule has 0 amide bonds. The normalized spacial score (nSPS) is 10.2. The van der Waals surface area contributed by atoms with Gasteiger partial charge in [0.2, 0.25) is 0 Å². The highest BCUT2D eigenvalue weighted by Gasteiger charge is 1.96. The first-order valence-corrected chi connectivity index (χ1v) is 5.78. The van der Waals surface area contributed by atoms with Crippen molar-refractivity contribution in [2.24, 2.45) is 0 Å². The minimum absolute atomic E-state index is 0.723. The van der Waals surface area contributed by atoms with Crippen LogP contribution in [0.2, 0.25) is 0 Å². The molecule has 2 rings (SSSR count). The molecule has 0 aliphatic rings. The number of rotatable bonds is 5. The zero-order valence-corrected chi connectivity index (χ0v) is 10.0. The molecule has 0 aromatic heterocycles. The van der Waals surface area contributed by atoms with E-state index in [4.69, 9.17) is 4.74 Å². The Hall–Kier alpha value is -1.80. The molecule has 0 saturated heterocycles. The Morgan fingerprint density at radius 1 is 0.882 bits per heavy atom. The highest BCUT2D eigenvalue weighted by atomic mass is 16.5. The van der Waals surface area contributed by atoms with Crippen LogP contribution in [-0.4, -0.2) is 20.3 Å². The molecular formula is C15H17NO. The first-order chi connectivity index (χ1) is 8.40. The molecule has 0 atom stereocenters. The predicted octanol–water partition coefficient (Wildman–Crippen LogP) is 3.41. The van der Waals surface area contributed by atoms with Gasteiger partial charge in [-0.3, -0.25) is 0 Å². The van der Waals surface area contributed by atoms with Crippen LogP contribution in [0.1, 0.15) is 0 Å². The number of methoxy groups -OCH3 is 1. The summed E-state index contributed by atoms with van der Waals surface area (Å²) in [6.45, 7) is 1.56. The summed E-state index contributed by atoms with van der Waals surface area (Å²) in [4.78, 5) is 0.